The van der Waals surface area contributed by atoms with Gasteiger partial charge < -0.3 is 5.48 Å². The van der Waals surface area contributed by atoms with Gasteiger partial charge in [-0.2, -0.15) is 0 Å². The van der Waals surface area contributed by atoms with Crippen LogP contribution in [0.2, 0.25) is 0 Å². The molecule has 0 aromatic heterocycles. The summed E-state index contributed by atoms with van der Waals surface area (Å²) in [5.41, 5.74) is 1.17. The highest BCUT2D eigenvalue weighted by Gasteiger charge is 1.75. The van der Waals surface area contributed by atoms with Gasteiger partial charge in [0.15, 0.2) is 0 Å². The summed E-state index contributed by atoms with van der Waals surface area (Å²) in [5.74, 6) is 0. The summed E-state index contributed by atoms with van der Waals surface area (Å²) in [6, 6.07) is 10.0. The van der Waals surface area contributed by atoms with Gasteiger partial charge in [-0.25, -0.2) is 0 Å². The van der Waals surface area contributed by atoms with Crippen molar-refractivity contribution in [3.8, 4) is 0 Å². The number of hydrogen-bond donors (Lipinski definition) is 0. The second kappa shape index (κ2) is 6.80. The van der Waals surface area contributed by atoms with Gasteiger partial charge >= 0.3 is 23.1 Å². The third-order valence-electron chi connectivity index (χ3n) is 1.04. The minimum atomic E-state index is 0. The lowest BCUT2D eigenvalue weighted by Gasteiger charge is -1.85. The summed E-state index contributed by atoms with van der Waals surface area (Å²) in [4.78, 5) is 0. The van der Waals surface area contributed by atoms with E-state index in [1.807, 2.05) is 36.4 Å². The Morgan fingerprint density at radius 2 is 1.60 bits per heavy atom. The third kappa shape index (κ3) is 3.66. The van der Waals surface area contributed by atoms with E-state index < -0.39 is 0 Å². The molecule has 0 aliphatic heterocycles. The Kier molecular flexibility index (Phi) is 8.41. The molecule has 0 amide bonds. The molecule has 1 aromatic carbocycles. The number of hydrogen-bond acceptors (Lipinski definition) is 0. The van der Waals surface area contributed by atoms with Crippen LogP contribution in [0, 0.1) is 0 Å². The zero-order valence-electron chi connectivity index (χ0n) is 5.17. The number of benzene rings is 1. The Hall–Kier alpha value is -0.314. The predicted molar refractivity (Wildman–Crippen MR) is 48.7 cm³/mol. The fraction of sp³-hybridized carbons (Fsp3) is 0. The van der Waals surface area contributed by atoms with Crippen molar-refractivity contribution in [2.24, 2.45) is 0 Å². The SMILES string of the molecule is C=Cc1ccccc1.O.[MgH2]. The molecule has 0 spiro atoms. The van der Waals surface area contributed by atoms with Gasteiger partial charge in [0.25, 0.3) is 0 Å². The van der Waals surface area contributed by atoms with Crippen LogP contribution in [0.15, 0.2) is 36.9 Å². The van der Waals surface area contributed by atoms with E-state index in [9.17, 15) is 0 Å². The molecule has 0 bridgehead atoms. The van der Waals surface area contributed by atoms with E-state index in [-0.39, 0.29) is 28.5 Å². The Morgan fingerprint density at radius 3 is 1.90 bits per heavy atom. The minimum absolute atomic E-state index is 0. The second-order valence-corrected chi connectivity index (χ2v) is 1.61. The summed E-state index contributed by atoms with van der Waals surface area (Å²) in [7, 11) is 0. The normalized spacial score (nSPS) is 6.80. The molecule has 1 nitrogen and oxygen atoms in total. The highest BCUT2D eigenvalue weighted by molar-refractivity contribution is 5.75. The monoisotopic (exact) mass is 148 g/mol. The lowest BCUT2D eigenvalue weighted by molar-refractivity contribution is 0.824. The second-order valence-electron chi connectivity index (χ2n) is 1.61. The molecule has 0 fully saturated rings. The first-order valence-electron chi connectivity index (χ1n) is 2.61. The average molecular weight is 148 g/mol. The standard InChI is InChI=1S/C8H8.Mg.H2O.2H/c1-2-8-6-4-3-5-7-8;;;;/h2-7H,1H2;;1H2;;. The predicted octanol–water partition coefficient (Wildman–Crippen LogP) is 0.589. The first-order valence-corrected chi connectivity index (χ1v) is 2.61. The Balaban J connectivity index is 0. The van der Waals surface area contributed by atoms with Crippen LogP contribution in [0.5, 0.6) is 0 Å². The van der Waals surface area contributed by atoms with Gasteiger partial charge in [-0.1, -0.05) is 43.0 Å². The third-order valence-corrected chi connectivity index (χ3v) is 1.04. The average Bonchev–Trinajstić information content (AvgIpc) is 1.90. The Labute approximate surface area is 77.2 Å². The van der Waals surface area contributed by atoms with Crippen molar-refractivity contribution in [2.45, 2.75) is 0 Å². The molecule has 0 heterocycles. The molecule has 0 saturated heterocycles. The van der Waals surface area contributed by atoms with Crippen molar-refractivity contribution in [3.63, 3.8) is 0 Å². The molecule has 0 aliphatic carbocycles. The largest absolute Gasteiger partial charge is 0.412 e. The molecule has 0 saturated carbocycles. The lowest BCUT2D eigenvalue weighted by atomic mass is 10.2. The minimum Gasteiger partial charge on any atom is -0.412 e. The Morgan fingerprint density at radius 1 is 1.10 bits per heavy atom. The van der Waals surface area contributed by atoms with Gasteiger partial charge in [0, 0.05) is 0 Å². The zero-order chi connectivity index (χ0) is 5.82. The molecule has 1 rings (SSSR count). The van der Waals surface area contributed by atoms with Gasteiger partial charge in [-0.15, -0.1) is 0 Å². The topological polar surface area (TPSA) is 31.5 Å². The van der Waals surface area contributed by atoms with Crippen LogP contribution in [0.1, 0.15) is 5.56 Å². The van der Waals surface area contributed by atoms with E-state index in [0.29, 0.717) is 0 Å². The molecule has 2 heteroatoms. The van der Waals surface area contributed by atoms with Crippen molar-refractivity contribution in [3.05, 3.63) is 42.5 Å². The van der Waals surface area contributed by atoms with Gasteiger partial charge in [0.1, 0.15) is 0 Å². The van der Waals surface area contributed by atoms with Crippen molar-refractivity contribution in [1.29, 1.82) is 0 Å². The Bertz CT molecular complexity index is 172. The summed E-state index contributed by atoms with van der Waals surface area (Å²) in [5, 5.41) is 0. The smallest absolute Gasteiger partial charge is 0.316 e. The van der Waals surface area contributed by atoms with Crippen LogP contribution >= 0.6 is 0 Å². The molecule has 52 valence electrons. The first-order chi connectivity index (χ1) is 3.93. The van der Waals surface area contributed by atoms with Gasteiger partial charge in [-0.05, 0) is 5.56 Å². The molecule has 0 aliphatic rings. The van der Waals surface area contributed by atoms with E-state index in [4.69, 9.17) is 0 Å². The van der Waals surface area contributed by atoms with Crippen molar-refractivity contribution in [1.82, 2.24) is 0 Å². The van der Waals surface area contributed by atoms with Crippen molar-refractivity contribution >= 4 is 29.1 Å². The van der Waals surface area contributed by atoms with E-state index in [1.54, 1.807) is 0 Å². The first kappa shape index (κ1) is 12.4. The summed E-state index contributed by atoms with van der Waals surface area (Å²) < 4.78 is 0. The van der Waals surface area contributed by atoms with Crippen LogP contribution in [0.25, 0.3) is 6.08 Å². The molecule has 0 atom stereocenters. The van der Waals surface area contributed by atoms with Crippen LogP contribution in [0.3, 0.4) is 0 Å². The molecule has 10 heavy (non-hydrogen) atoms. The summed E-state index contributed by atoms with van der Waals surface area (Å²) in [6.07, 6.45) is 1.83. The quantitative estimate of drug-likeness (QED) is 0.522. The summed E-state index contributed by atoms with van der Waals surface area (Å²) in [6.45, 7) is 3.63. The van der Waals surface area contributed by atoms with E-state index in [0.717, 1.165) is 0 Å². The fourth-order valence-corrected chi connectivity index (χ4v) is 0.589. The van der Waals surface area contributed by atoms with Crippen LogP contribution < -0.4 is 0 Å². The molecular weight excluding hydrogens is 136 g/mol. The van der Waals surface area contributed by atoms with E-state index in [1.165, 1.54) is 5.56 Å². The zero-order valence-corrected chi connectivity index (χ0v) is 5.17. The van der Waals surface area contributed by atoms with Crippen LogP contribution in [-0.2, 0) is 0 Å². The molecule has 0 radical (unpaired) electrons. The van der Waals surface area contributed by atoms with Gasteiger partial charge in [0.2, 0.25) is 0 Å². The van der Waals surface area contributed by atoms with Crippen LogP contribution in [0.4, 0.5) is 0 Å². The highest BCUT2D eigenvalue weighted by Crippen LogP contribution is 1.97. The molecule has 0 unspecified atom stereocenters. The van der Waals surface area contributed by atoms with Gasteiger partial charge in [0.05, 0.1) is 0 Å². The van der Waals surface area contributed by atoms with Crippen LogP contribution in [-0.4, -0.2) is 28.5 Å². The maximum atomic E-state index is 3.63. The fourth-order valence-electron chi connectivity index (χ4n) is 0.589. The lowest BCUT2D eigenvalue weighted by Crippen LogP contribution is -1.63. The maximum absolute atomic E-state index is 3.63. The van der Waals surface area contributed by atoms with Crippen molar-refractivity contribution < 1.29 is 5.48 Å². The number of rotatable bonds is 1. The maximum Gasteiger partial charge on any atom is 0.316 e. The summed E-state index contributed by atoms with van der Waals surface area (Å²) >= 11 is 0. The molecular formula is C8H12MgO. The molecule has 1 aromatic rings. The van der Waals surface area contributed by atoms with Crippen molar-refractivity contribution in [2.75, 3.05) is 0 Å². The molecule has 2 N–H and O–H groups in total. The highest BCUT2D eigenvalue weighted by atomic mass is 24.3. The van der Waals surface area contributed by atoms with Gasteiger partial charge in [-0.3, -0.25) is 0 Å². The van der Waals surface area contributed by atoms with E-state index in [2.05, 4.69) is 6.58 Å². The van der Waals surface area contributed by atoms with E-state index >= 15 is 0 Å².